The predicted molar refractivity (Wildman–Crippen MR) is 122 cm³/mol. The second kappa shape index (κ2) is 8.31. The van der Waals surface area contributed by atoms with Crippen molar-refractivity contribution in [3.8, 4) is 0 Å². The van der Waals surface area contributed by atoms with Crippen LogP contribution in [-0.2, 0) is 14.3 Å². The number of rotatable bonds is 6. The van der Waals surface area contributed by atoms with E-state index in [9.17, 15) is 19.5 Å². The van der Waals surface area contributed by atoms with E-state index in [1.54, 1.807) is 45.0 Å². The highest BCUT2D eigenvalue weighted by molar-refractivity contribution is 5.92. The highest BCUT2D eigenvalue weighted by Crippen LogP contribution is 2.62. The quantitative estimate of drug-likeness (QED) is 0.521. The van der Waals surface area contributed by atoms with Gasteiger partial charge in [0.05, 0.1) is 5.60 Å². The van der Waals surface area contributed by atoms with Gasteiger partial charge in [-0.3, -0.25) is 9.59 Å². The summed E-state index contributed by atoms with van der Waals surface area (Å²) in [6.45, 7) is 5.27. The van der Waals surface area contributed by atoms with Crippen LogP contribution >= 0.6 is 0 Å². The number of nitrogens with one attached hydrogen (secondary N) is 2. The molecule has 5 N–H and O–H groups in total. The number of amides is 3. The summed E-state index contributed by atoms with van der Waals surface area (Å²) in [4.78, 5) is 38.7. The number of carbonyl (C=O) groups excluding carboxylic acids is 3. The molecule has 4 bridgehead atoms. The summed E-state index contributed by atoms with van der Waals surface area (Å²) < 4.78 is 5.46. The van der Waals surface area contributed by atoms with Crippen molar-refractivity contribution in [3.05, 3.63) is 35.9 Å². The molecule has 4 saturated carbocycles. The number of primary amides is 1. The summed E-state index contributed by atoms with van der Waals surface area (Å²) in [5.74, 6) is -0.546. The molecule has 0 aliphatic heterocycles. The Morgan fingerprint density at radius 1 is 1.06 bits per heavy atom. The lowest BCUT2D eigenvalue weighted by Gasteiger charge is -2.61. The van der Waals surface area contributed by atoms with Crippen LogP contribution in [0.3, 0.4) is 0 Å². The lowest BCUT2D eigenvalue weighted by atomic mass is 9.46. The van der Waals surface area contributed by atoms with E-state index in [4.69, 9.17) is 10.5 Å². The first kappa shape index (κ1) is 23.5. The number of hydrogen-bond donors (Lipinski definition) is 4. The van der Waals surface area contributed by atoms with Crippen molar-refractivity contribution in [2.75, 3.05) is 0 Å². The van der Waals surface area contributed by atoms with Crippen molar-refractivity contribution in [1.29, 1.82) is 0 Å². The molecule has 8 heteroatoms. The monoisotopic (exact) mass is 457 g/mol. The van der Waals surface area contributed by atoms with Crippen LogP contribution in [0.4, 0.5) is 4.79 Å². The Morgan fingerprint density at radius 2 is 1.67 bits per heavy atom. The summed E-state index contributed by atoms with van der Waals surface area (Å²) in [7, 11) is 0. The van der Waals surface area contributed by atoms with Gasteiger partial charge in [-0.1, -0.05) is 30.3 Å². The summed E-state index contributed by atoms with van der Waals surface area (Å²) in [6.07, 6.45) is 3.74. The van der Waals surface area contributed by atoms with Crippen molar-refractivity contribution in [1.82, 2.24) is 10.6 Å². The number of nitrogens with two attached hydrogens (primary N) is 1. The Labute approximate surface area is 194 Å². The van der Waals surface area contributed by atoms with Gasteiger partial charge in [0.2, 0.25) is 11.8 Å². The molecular formula is C25H35N3O5. The fourth-order valence-corrected chi connectivity index (χ4v) is 6.73. The molecule has 0 radical (unpaired) electrons. The standard InChI is InChI=1S/C25H35N3O5/c1-23(2,3)33-22(31)28-19(21(30)27-18(20(26)29)17-7-5-4-6-8-17)24-10-15-9-16(11-24)13-25(32,12-15)14-24/h4-8,15-16,18-19,32H,9-14H2,1-3H3,(H2,26,29)(H,27,30)(H,28,31)/t15?,16?,18-,19-,24?,25?/m1/s1. The Morgan fingerprint density at radius 3 is 2.18 bits per heavy atom. The Kier molecular flexibility index (Phi) is 5.93. The van der Waals surface area contributed by atoms with E-state index in [-0.39, 0.29) is 0 Å². The molecule has 3 amide bonds. The number of alkyl carbamates (subject to hydrolysis) is 1. The molecule has 33 heavy (non-hydrogen) atoms. The largest absolute Gasteiger partial charge is 0.444 e. The molecule has 1 aromatic rings. The number of carbonyl (C=O) groups is 3. The molecule has 8 nitrogen and oxygen atoms in total. The first-order valence-electron chi connectivity index (χ1n) is 11.7. The third kappa shape index (κ3) is 5.00. The van der Waals surface area contributed by atoms with Crippen LogP contribution < -0.4 is 16.4 Å². The van der Waals surface area contributed by atoms with Crippen molar-refractivity contribution in [2.24, 2.45) is 23.0 Å². The van der Waals surface area contributed by atoms with Gasteiger partial charge in [-0.05, 0) is 76.7 Å². The van der Waals surface area contributed by atoms with Gasteiger partial charge in [0.25, 0.3) is 0 Å². The van der Waals surface area contributed by atoms with Gasteiger partial charge in [0.15, 0.2) is 0 Å². The zero-order valence-corrected chi connectivity index (χ0v) is 19.6. The molecule has 0 spiro atoms. The molecular weight excluding hydrogens is 422 g/mol. The summed E-state index contributed by atoms with van der Waals surface area (Å²) >= 11 is 0. The Bertz CT molecular complexity index is 912. The second-order valence-corrected chi connectivity index (χ2v) is 11.4. The van der Waals surface area contributed by atoms with Gasteiger partial charge < -0.3 is 26.2 Å². The van der Waals surface area contributed by atoms with Gasteiger partial charge in [0, 0.05) is 5.41 Å². The normalized spacial score (nSPS) is 32.0. The Hall–Kier alpha value is -2.61. The van der Waals surface area contributed by atoms with Crippen molar-refractivity contribution in [3.63, 3.8) is 0 Å². The lowest BCUT2D eigenvalue weighted by molar-refractivity contribution is -0.177. The van der Waals surface area contributed by atoms with Crippen molar-refractivity contribution in [2.45, 2.75) is 82.6 Å². The van der Waals surface area contributed by atoms with E-state index in [0.717, 1.165) is 32.1 Å². The van der Waals surface area contributed by atoms with Gasteiger partial charge >= 0.3 is 6.09 Å². The maximum absolute atomic E-state index is 13.7. The van der Waals surface area contributed by atoms with Gasteiger partial charge in [-0.15, -0.1) is 0 Å². The topological polar surface area (TPSA) is 131 Å². The highest BCUT2D eigenvalue weighted by atomic mass is 16.6. The highest BCUT2D eigenvalue weighted by Gasteiger charge is 2.61. The van der Waals surface area contributed by atoms with Crippen LogP contribution in [-0.4, -0.2) is 40.3 Å². The van der Waals surface area contributed by atoms with Crippen LogP contribution in [0, 0.1) is 17.3 Å². The molecule has 180 valence electrons. The van der Waals surface area contributed by atoms with E-state index < -0.39 is 46.6 Å². The fraction of sp³-hybridized carbons (Fsp3) is 0.640. The summed E-state index contributed by atoms with van der Waals surface area (Å²) in [5.41, 5.74) is 4.04. The first-order chi connectivity index (χ1) is 15.4. The van der Waals surface area contributed by atoms with E-state index in [0.29, 0.717) is 23.8 Å². The molecule has 4 aliphatic rings. The third-order valence-corrected chi connectivity index (χ3v) is 7.32. The van der Waals surface area contributed by atoms with E-state index >= 15 is 0 Å². The third-order valence-electron chi connectivity index (χ3n) is 7.32. The van der Waals surface area contributed by atoms with Crippen LogP contribution in [0.25, 0.3) is 0 Å². The zero-order valence-electron chi connectivity index (χ0n) is 19.6. The number of aliphatic hydroxyl groups is 1. The molecule has 4 atom stereocenters. The van der Waals surface area contributed by atoms with Gasteiger partial charge in [-0.2, -0.15) is 0 Å². The maximum atomic E-state index is 13.7. The minimum atomic E-state index is -1.03. The van der Waals surface area contributed by atoms with Crippen molar-refractivity contribution >= 4 is 17.9 Å². The SMILES string of the molecule is CC(C)(C)OC(=O)N[C@H](C(=O)N[C@@H](C(N)=O)c1ccccc1)C12CC3CC(CC(O)(C3)C1)C2. The minimum absolute atomic E-state index is 0.313. The van der Waals surface area contributed by atoms with Gasteiger partial charge in [0.1, 0.15) is 17.7 Å². The lowest BCUT2D eigenvalue weighted by Crippen LogP contribution is -2.66. The van der Waals surface area contributed by atoms with E-state index in [2.05, 4.69) is 10.6 Å². The average Bonchev–Trinajstić information content (AvgIpc) is 2.67. The molecule has 4 fully saturated rings. The number of hydrogen-bond acceptors (Lipinski definition) is 5. The van der Waals surface area contributed by atoms with E-state index in [1.165, 1.54) is 0 Å². The Balaban J connectivity index is 1.63. The molecule has 2 unspecified atom stereocenters. The van der Waals surface area contributed by atoms with E-state index in [1.807, 2.05) is 6.07 Å². The molecule has 1 aromatic carbocycles. The zero-order chi connectivity index (χ0) is 24.0. The molecule has 5 rings (SSSR count). The van der Waals surface area contributed by atoms with Crippen LogP contribution in [0.5, 0.6) is 0 Å². The number of benzene rings is 1. The fourth-order valence-electron chi connectivity index (χ4n) is 6.73. The molecule has 0 aromatic heterocycles. The van der Waals surface area contributed by atoms with Gasteiger partial charge in [-0.25, -0.2) is 4.79 Å². The average molecular weight is 458 g/mol. The van der Waals surface area contributed by atoms with Crippen LogP contribution in [0.15, 0.2) is 30.3 Å². The smallest absolute Gasteiger partial charge is 0.408 e. The molecule has 4 aliphatic carbocycles. The second-order valence-electron chi connectivity index (χ2n) is 11.4. The van der Waals surface area contributed by atoms with Crippen LogP contribution in [0.1, 0.15) is 70.9 Å². The molecule has 0 heterocycles. The van der Waals surface area contributed by atoms with Crippen molar-refractivity contribution < 1.29 is 24.2 Å². The molecule has 0 saturated heterocycles. The van der Waals surface area contributed by atoms with Crippen LogP contribution in [0.2, 0.25) is 0 Å². The predicted octanol–water partition coefficient (Wildman–Crippen LogP) is 2.55. The maximum Gasteiger partial charge on any atom is 0.408 e. The summed E-state index contributed by atoms with van der Waals surface area (Å²) in [6, 6.07) is 6.81. The first-order valence-corrected chi connectivity index (χ1v) is 11.7. The minimum Gasteiger partial charge on any atom is -0.444 e. The number of ether oxygens (including phenoxy) is 1. The summed E-state index contributed by atoms with van der Waals surface area (Å²) in [5, 5.41) is 16.8.